The molecule has 126 valence electrons. The van der Waals surface area contributed by atoms with E-state index in [9.17, 15) is 14.7 Å². The largest absolute Gasteiger partial charge is 0.480 e. The minimum Gasteiger partial charge on any atom is -0.480 e. The summed E-state index contributed by atoms with van der Waals surface area (Å²) in [6, 6.07) is 7.99. The van der Waals surface area contributed by atoms with Crippen LogP contribution in [0.1, 0.15) is 41.6 Å². The molecule has 0 fully saturated rings. The van der Waals surface area contributed by atoms with Gasteiger partial charge in [0.25, 0.3) is 5.91 Å². The Bertz CT molecular complexity index is 735. The highest BCUT2D eigenvalue weighted by molar-refractivity contribution is 6.33. The van der Waals surface area contributed by atoms with Gasteiger partial charge in [-0.3, -0.25) is 4.79 Å². The summed E-state index contributed by atoms with van der Waals surface area (Å²) < 4.78 is 0. The van der Waals surface area contributed by atoms with Crippen molar-refractivity contribution in [2.75, 3.05) is 0 Å². The summed E-state index contributed by atoms with van der Waals surface area (Å²) in [6.07, 6.45) is 1.52. The summed E-state index contributed by atoms with van der Waals surface area (Å²) in [6.45, 7) is 3.78. The van der Waals surface area contributed by atoms with E-state index in [1.165, 1.54) is 6.20 Å². The van der Waals surface area contributed by atoms with Crippen LogP contribution in [0.2, 0.25) is 5.02 Å². The van der Waals surface area contributed by atoms with Crippen LogP contribution < -0.4 is 5.32 Å². The Balaban J connectivity index is 2.19. The summed E-state index contributed by atoms with van der Waals surface area (Å²) in [7, 11) is 0. The SMILES string of the molecule is CC(C)c1ncc(Cl)c(C(=O)N[C@H](Cc2ccccc2)C(=O)O)n1. The van der Waals surface area contributed by atoms with Gasteiger partial charge in [0.15, 0.2) is 0 Å². The van der Waals surface area contributed by atoms with E-state index in [-0.39, 0.29) is 23.1 Å². The van der Waals surface area contributed by atoms with Crippen LogP contribution in [0.15, 0.2) is 36.5 Å². The lowest BCUT2D eigenvalue weighted by Gasteiger charge is -2.15. The smallest absolute Gasteiger partial charge is 0.326 e. The number of rotatable bonds is 6. The molecule has 2 rings (SSSR count). The molecule has 1 aromatic carbocycles. The summed E-state index contributed by atoms with van der Waals surface area (Å²) >= 11 is 5.99. The second-order valence-corrected chi connectivity index (χ2v) is 6.04. The number of carboxylic acid groups (broad SMARTS) is 1. The van der Waals surface area contributed by atoms with Crippen molar-refractivity contribution in [1.82, 2.24) is 15.3 Å². The Morgan fingerprint density at radius 2 is 1.92 bits per heavy atom. The van der Waals surface area contributed by atoms with Crippen LogP contribution in [0.5, 0.6) is 0 Å². The average molecular weight is 348 g/mol. The van der Waals surface area contributed by atoms with E-state index in [1.807, 2.05) is 32.0 Å². The highest BCUT2D eigenvalue weighted by Crippen LogP contribution is 2.16. The standard InChI is InChI=1S/C17H18ClN3O3/c1-10(2)15-19-9-12(18)14(21-15)16(22)20-13(17(23)24)8-11-6-4-3-5-7-11/h3-7,9-10,13H,8H2,1-2H3,(H,20,22)(H,23,24)/t13-/m1/s1. The molecular formula is C17H18ClN3O3. The predicted molar refractivity (Wildman–Crippen MR) is 90.2 cm³/mol. The van der Waals surface area contributed by atoms with E-state index in [0.717, 1.165) is 5.56 Å². The molecule has 7 heteroatoms. The highest BCUT2D eigenvalue weighted by Gasteiger charge is 2.23. The average Bonchev–Trinajstić information content (AvgIpc) is 2.55. The number of benzene rings is 1. The van der Waals surface area contributed by atoms with E-state index in [1.54, 1.807) is 12.1 Å². The summed E-state index contributed by atoms with van der Waals surface area (Å²) in [5, 5.41) is 11.9. The molecule has 0 aliphatic carbocycles. The fourth-order valence-corrected chi connectivity index (χ4v) is 2.27. The van der Waals surface area contributed by atoms with Gasteiger partial charge in [-0.15, -0.1) is 0 Å². The normalized spacial score (nSPS) is 12.0. The molecule has 6 nitrogen and oxygen atoms in total. The summed E-state index contributed by atoms with van der Waals surface area (Å²) in [5.41, 5.74) is 0.788. The maximum absolute atomic E-state index is 12.4. The Hall–Kier alpha value is -2.47. The number of halogens is 1. The zero-order valence-electron chi connectivity index (χ0n) is 13.4. The quantitative estimate of drug-likeness (QED) is 0.838. The number of carboxylic acids is 1. The van der Waals surface area contributed by atoms with Gasteiger partial charge in [0, 0.05) is 12.3 Å². The van der Waals surface area contributed by atoms with Crippen LogP contribution in [0.25, 0.3) is 0 Å². The first kappa shape index (κ1) is 17.9. The molecule has 0 bridgehead atoms. The minimum absolute atomic E-state index is 0.0188. The molecule has 0 saturated heterocycles. The zero-order chi connectivity index (χ0) is 17.7. The van der Waals surface area contributed by atoms with Crippen LogP contribution in [0.4, 0.5) is 0 Å². The van der Waals surface area contributed by atoms with Gasteiger partial charge >= 0.3 is 5.97 Å². The molecule has 0 saturated carbocycles. The molecule has 0 radical (unpaired) electrons. The number of nitrogens with zero attached hydrogens (tertiary/aromatic N) is 2. The maximum atomic E-state index is 12.4. The summed E-state index contributed by atoms with van der Waals surface area (Å²) in [5.74, 6) is -1.26. The van der Waals surface area contributed by atoms with Crippen molar-refractivity contribution >= 4 is 23.5 Å². The van der Waals surface area contributed by atoms with Crippen molar-refractivity contribution in [2.45, 2.75) is 32.2 Å². The second-order valence-electron chi connectivity index (χ2n) is 5.63. The van der Waals surface area contributed by atoms with E-state index in [4.69, 9.17) is 11.6 Å². The predicted octanol–water partition coefficient (Wildman–Crippen LogP) is 2.68. The number of amides is 1. The van der Waals surface area contributed by atoms with Gasteiger partial charge in [-0.1, -0.05) is 55.8 Å². The lowest BCUT2D eigenvalue weighted by atomic mass is 10.1. The number of hydrogen-bond acceptors (Lipinski definition) is 4. The van der Waals surface area contributed by atoms with Crippen LogP contribution in [-0.4, -0.2) is 33.0 Å². The second kappa shape index (κ2) is 7.88. The molecule has 24 heavy (non-hydrogen) atoms. The van der Waals surface area contributed by atoms with Gasteiger partial charge in [0.2, 0.25) is 0 Å². The third kappa shape index (κ3) is 4.52. The first-order valence-corrected chi connectivity index (χ1v) is 7.86. The molecule has 2 aromatic rings. The molecule has 1 heterocycles. The molecule has 0 aliphatic rings. The maximum Gasteiger partial charge on any atom is 0.326 e. The number of aliphatic carboxylic acids is 1. The number of hydrogen-bond donors (Lipinski definition) is 2. The molecule has 1 amide bonds. The van der Waals surface area contributed by atoms with E-state index >= 15 is 0 Å². The fourth-order valence-electron chi connectivity index (χ4n) is 2.09. The molecule has 1 aromatic heterocycles. The Labute approximate surface area is 144 Å². The van der Waals surface area contributed by atoms with Gasteiger partial charge in [0.05, 0.1) is 11.2 Å². The van der Waals surface area contributed by atoms with Crippen molar-refractivity contribution in [3.63, 3.8) is 0 Å². The topological polar surface area (TPSA) is 92.2 Å². The molecule has 0 aliphatic heterocycles. The van der Waals surface area contributed by atoms with Gasteiger partial charge in [0.1, 0.15) is 17.6 Å². The van der Waals surface area contributed by atoms with Crippen LogP contribution in [0.3, 0.4) is 0 Å². The van der Waals surface area contributed by atoms with E-state index in [2.05, 4.69) is 15.3 Å². The molecule has 1 atom stereocenters. The number of nitrogens with one attached hydrogen (secondary N) is 1. The third-order valence-corrected chi connectivity index (χ3v) is 3.66. The first-order chi connectivity index (χ1) is 11.4. The summed E-state index contributed by atoms with van der Waals surface area (Å²) in [4.78, 5) is 32.1. The minimum atomic E-state index is -1.12. The van der Waals surface area contributed by atoms with Crippen LogP contribution in [-0.2, 0) is 11.2 Å². The van der Waals surface area contributed by atoms with Gasteiger partial charge in [-0.2, -0.15) is 0 Å². The van der Waals surface area contributed by atoms with E-state index < -0.39 is 17.9 Å². The highest BCUT2D eigenvalue weighted by atomic mass is 35.5. The van der Waals surface area contributed by atoms with Crippen molar-refractivity contribution < 1.29 is 14.7 Å². The molecule has 0 unspecified atom stereocenters. The molecule has 0 spiro atoms. The van der Waals surface area contributed by atoms with Crippen molar-refractivity contribution in [3.8, 4) is 0 Å². The number of carbonyl (C=O) groups is 2. The first-order valence-electron chi connectivity index (χ1n) is 7.48. The lowest BCUT2D eigenvalue weighted by molar-refractivity contribution is -0.139. The monoisotopic (exact) mass is 347 g/mol. The fraction of sp³-hybridized carbons (Fsp3) is 0.294. The van der Waals surface area contributed by atoms with Crippen LogP contribution in [0, 0.1) is 0 Å². The van der Waals surface area contributed by atoms with Gasteiger partial charge in [-0.25, -0.2) is 14.8 Å². The van der Waals surface area contributed by atoms with E-state index in [0.29, 0.717) is 5.82 Å². The molecule has 2 N–H and O–H groups in total. The third-order valence-electron chi connectivity index (χ3n) is 3.38. The zero-order valence-corrected chi connectivity index (χ0v) is 14.1. The molecular weight excluding hydrogens is 330 g/mol. The Kier molecular flexibility index (Phi) is 5.87. The van der Waals surface area contributed by atoms with Crippen molar-refractivity contribution in [3.05, 3.63) is 58.6 Å². The Morgan fingerprint density at radius 3 is 2.50 bits per heavy atom. The van der Waals surface area contributed by atoms with Crippen molar-refractivity contribution in [1.29, 1.82) is 0 Å². The van der Waals surface area contributed by atoms with Crippen LogP contribution >= 0.6 is 11.6 Å². The number of carbonyl (C=O) groups excluding carboxylic acids is 1. The van der Waals surface area contributed by atoms with Gasteiger partial charge < -0.3 is 10.4 Å². The lowest BCUT2D eigenvalue weighted by Crippen LogP contribution is -2.42. The van der Waals surface area contributed by atoms with Gasteiger partial charge in [-0.05, 0) is 5.56 Å². The van der Waals surface area contributed by atoms with Crippen molar-refractivity contribution in [2.24, 2.45) is 0 Å². The Morgan fingerprint density at radius 1 is 1.25 bits per heavy atom. The number of aromatic nitrogens is 2.